The number of carbonyl (C=O) groups excluding carboxylic acids is 2. The number of carbonyl (C=O) groups is 2. The van der Waals surface area contributed by atoms with Gasteiger partial charge in [-0.3, -0.25) is 9.59 Å². The Kier molecular flexibility index (Phi) is 5.61. The van der Waals surface area contributed by atoms with Gasteiger partial charge in [0.2, 0.25) is 5.91 Å². The average molecular weight is 406 g/mol. The number of amides is 2. The van der Waals surface area contributed by atoms with Crippen LogP contribution in [-0.4, -0.2) is 32.8 Å². The second kappa shape index (κ2) is 8.49. The fraction of sp³-hybridized carbons (Fsp3) is 0.261. The first-order chi connectivity index (χ1) is 14.5. The van der Waals surface area contributed by atoms with Crippen molar-refractivity contribution in [3.63, 3.8) is 0 Å². The van der Waals surface area contributed by atoms with Crippen molar-refractivity contribution < 1.29 is 14.0 Å². The number of hydrogen-bond donors (Lipinski definition) is 1. The van der Waals surface area contributed by atoms with Gasteiger partial charge in [0.1, 0.15) is 5.82 Å². The lowest BCUT2D eigenvalue weighted by atomic mass is 9.93. The molecule has 0 radical (unpaired) electrons. The molecule has 0 bridgehead atoms. The Hall–Kier alpha value is -3.48. The highest BCUT2D eigenvalue weighted by molar-refractivity contribution is 5.97. The Balaban J connectivity index is 1.44. The molecule has 1 aliphatic heterocycles. The maximum Gasteiger partial charge on any atom is 0.254 e. The van der Waals surface area contributed by atoms with Crippen molar-refractivity contribution in [3.05, 3.63) is 83.7 Å². The van der Waals surface area contributed by atoms with Gasteiger partial charge in [0.05, 0.1) is 12.4 Å². The number of aromatic nitrogens is 2. The van der Waals surface area contributed by atoms with Crippen molar-refractivity contribution in [1.29, 1.82) is 0 Å². The standard InChI is InChI=1S/C23H23FN4O2/c1-16-21-14-19(24)6-5-17(21)7-11-28(16)23(30)18-3-2-4-20(13-18)26-22(29)8-10-27-12-9-25-15-27/h2-6,9,12-16H,7-8,10-11H2,1H3,(H,26,29). The minimum Gasteiger partial charge on any atom is -0.337 e. The van der Waals surface area contributed by atoms with E-state index in [0.29, 0.717) is 37.2 Å². The Morgan fingerprint density at radius 1 is 1.23 bits per heavy atom. The van der Waals surface area contributed by atoms with Crippen molar-refractivity contribution in [2.24, 2.45) is 0 Å². The molecule has 0 saturated carbocycles. The van der Waals surface area contributed by atoms with E-state index in [2.05, 4.69) is 10.3 Å². The van der Waals surface area contributed by atoms with Gasteiger partial charge in [-0.05, 0) is 54.8 Å². The minimum absolute atomic E-state index is 0.132. The van der Waals surface area contributed by atoms with Crippen LogP contribution in [0.1, 0.15) is 40.9 Å². The van der Waals surface area contributed by atoms with Crippen LogP contribution in [0.3, 0.4) is 0 Å². The molecule has 0 saturated heterocycles. The maximum atomic E-state index is 13.7. The molecule has 7 heteroatoms. The smallest absolute Gasteiger partial charge is 0.254 e. The number of nitrogens with zero attached hydrogens (tertiary/aromatic N) is 3. The van der Waals surface area contributed by atoms with Crippen LogP contribution < -0.4 is 5.32 Å². The van der Waals surface area contributed by atoms with Crippen LogP contribution >= 0.6 is 0 Å². The molecule has 6 nitrogen and oxygen atoms in total. The van der Waals surface area contributed by atoms with E-state index in [1.165, 1.54) is 12.1 Å². The zero-order valence-corrected chi connectivity index (χ0v) is 16.7. The Bertz CT molecular complexity index is 1060. The number of imidazole rings is 1. The predicted molar refractivity (Wildman–Crippen MR) is 111 cm³/mol. The maximum absolute atomic E-state index is 13.7. The Labute approximate surface area is 174 Å². The molecule has 1 aromatic heterocycles. The molecule has 1 N–H and O–H groups in total. The van der Waals surface area contributed by atoms with Gasteiger partial charge in [-0.25, -0.2) is 9.37 Å². The fourth-order valence-electron chi connectivity index (χ4n) is 3.83. The van der Waals surface area contributed by atoms with Crippen LogP contribution in [0.2, 0.25) is 0 Å². The molecule has 0 spiro atoms. The molecule has 2 heterocycles. The summed E-state index contributed by atoms with van der Waals surface area (Å²) in [6.45, 7) is 3.02. The normalized spacial score (nSPS) is 15.5. The highest BCUT2D eigenvalue weighted by Crippen LogP contribution is 2.31. The van der Waals surface area contributed by atoms with Crippen molar-refractivity contribution in [1.82, 2.24) is 14.5 Å². The summed E-state index contributed by atoms with van der Waals surface area (Å²) in [6, 6.07) is 11.5. The van der Waals surface area contributed by atoms with E-state index in [1.807, 2.05) is 11.5 Å². The second-order valence-corrected chi connectivity index (χ2v) is 7.45. The molecule has 1 atom stereocenters. The SMILES string of the molecule is CC1c2cc(F)ccc2CCN1C(=O)c1cccc(NC(=O)CCn2ccnc2)c1. The van der Waals surface area contributed by atoms with Gasteiger partial charge in [0, 0.05) is 43.2 Å². The van der Waals surface area contributed by atoms with E-state index < -0.39 is 0 Å². The monoisotopic (exact) mass is 406 g/mol. The molecule has 0 aliphatic carbocycles. The second-order valence-electron chi connectivity index (χ2n) is 7.45. The largest absolute Gasteiger partial charge is 0.337 e. The third kappa shape index (κ3) is 4.25. The Morgan fingerprint density at radius 2 is 2.10 bits per heavy atom. The van der Waals surface area contributed by atoms with Crippen LogP contribution in [0.25, 0.3) is 0 Å². The first-order valence-corrected chi connectivity index (χ1v) is 9.96. The fourth-order valence-corrected chi connectivity index (χ4v) is 3.83. The molecular weight excluding hydrogens is 383 g/mol. The quantitative estimate of drug-likeness (QED) is 0.701. The highest BCUT2D eigenvalue weighted by atomic mass is 19.1. The predicted octanol–water partition coefficient (Wildman–Crippen LogP) is 3.81. The summed E-state index contributed by atoms with van der Waals surface area (Å²) in [5, 5.41) is 2.84. The van der Waals surface area contributed by atoms with Crippen LogP contribution in [0, 0.1) is 5.82 Å². The molecule has 1 unspecified atom stereocenters. The average Bonchev–Trinajstić information content (AvgIpc) is 3.26. The van der Waals surface area contributed by atoms with Gasteiger partial charge in [0.25, 0.3) is 5.91 Å². The number of nitrogens with one attached hydrogen (secondary N) is 1. The topological polar surface area (TPSA) is 67.2 Å². The minimum atomic E-state index is -0.296. The lowest BCUT2D eigenvalue weighted by Gasteiger charge is -2.35. The molecule has 2 amide bonds. The summed E-state index contributed by atoms with van der Waals surface area (Å²) >= 11 is 0. The van der Waals surface area contributed by atoms with E-state index in [1.54, 1.807) is 54.0 Å². The first-order valence-electron chi connectivity index (χ1n) is 9.96. The van der Waals surface area contributed by atoms with Gasteiger partial charge in [-0.15, -0.1) is 0 Å². The van der Waals surface area contributed by atoms with Crippen LogP contribution in [0.5, 0.6) is 0 Å². The highest BCUT2D eigenvalue weighted by Gasteiger charge is 2.28. The van der Waals surface area contributed by atoms with Crippen molar-refractivity contribution in [2.75, 3.05) is 11.9 Å². The third-order valence-electron chi connectivity index (χ3n) is 5.46. The lowest BCUT2D eigenvalue weighted by Crippen LogP contribution is -2.39. The number of hydrogen-bond acceptors (Lipinski definition) is 3. The van der Waals surface area contributed by atoms with Crippen molar-refractivity contribution in [2.45, 2.75) is 32.4 Å². The third-order valence-corrected chi connectivity index (χ3v) is 5.46. The molecule has 4 rings (SSSR count). The lowest BCUT2D eigenvalue weighted by molar-refractivity contribution is -0.116. The van der Waals surface area contributed by atoms with E-state index in [9.17, 15) is 14.0 Å². The summed E-state index contributed by atoms with van der Waals surface area (Å²) < 4.78 is 15.5. The van der Waals surface area contributed by atoms with Crippen molar-refractivity contribution in [3.8, 4) is 0 Å². The number of rotatable bonds is 5. The Morgan fingerprint density at radius 3 is 2.90 bits per heavy atom. The summed E-state index contributed by atoms with van der Waals surface area (Å²) in [5.74, 6) is -0.564. The van der Waals surface area contributed by atoms with E-state index >= 15 is 0 Å². The molecule has 30 heavy (non-hydrogen) atoms. The van der Waals surface area contributed by atoms with Crippen LogP contribution in [-0.2, 0) is 17.8 Å². The number of aryl methyl sites for hydroxylation is 1. The van der Waals surface area contributed by atoms with E-state index in [4.69, 9.17) is 0 Å². The zero-order chi connectivity index (χ0) is 21.1. The van der Waals surface area contributed by atoms with Crippen LogP contribution in [0.15, 0.2) is 61.2 Å². The number of halogens is 1. The molecule has 154 valence electrons. The van der Waals surface area contributed by atoms with Gasteiger partial charge in [-0.2, -0.15) is 0 Å². The molecule has 2 aromatic carbocycles. The summed E-state index contributed by atoms with van der Waals surface area (Å²) in [7, 11) is 0. The first kappa shape index (κ1) is 19.8. The number of benzene rings is 2. The van der Waals surface area contributed by atoms with Gasteiger partial charge in [-0.1, -0.05) is 12.1 Å². The number of fused-ring (bicyclic) bond motifs is 1. The van der Waals surface area contributed by atoms with Crippen molar-refractivity contribution >= 4 is 17.5 Å². The van der Waals surface area contributed by atoms with Gasteiger partial charge in [0.15, 0.2) is 0 Å². The zero-order valence-electron chi connectivity index (χ0n) is 16.7. The van der Waals surface area contributed by atoms with Gasteiger partial charge < -0.3 is 14.8 Å². The summed E-state index contributed by atoms with van der Waals surface area (Å²) in [5.41, 5.74) is 2.99. The molecular formula is C23H23FN4O2. The van der Waals surface area contributed by atoms with E-state index in [-0.39, 0.29) is 23.7 Å². The molecule has 0 fully saturated rings. The summed E-state index contributed by atoms with van der Waals surface area (Å²) in [6.07, 6.45) is 6.13. The molecule has 3 aromatic rings. The summed E-state index contributed by atoms with van der Waals surface area (Å²) in [4.78, 5) is 31.1. The number of anilines is 1. The van der Waals surface area contributed by atoms with Crippen LogP contribution in [0.4, 0.5) is 10.1 Å². The van der Waals surface area contributed by atoms with E-state index in [0.717, 1.165) is 11.1 Å². The molecule has 1 aliphatic rings. The van der Waals surface area contributed by atoms with Gasteiger partial charge >= 0.3 is 0 Å².